The number of carbonyl (C=O) groups is 1. The molecule has 3 saturated heterocycles. The SMILES string of the molecule is CC(C)(C)OC(=O)N[C@@H]1CC2CC[C@@H](C1)N2c1ccc(B2OC(C)(C)C(C)(C)O2)cn1. The van der Waals surface area contributed by atoms with Gasteiger partial charge in [-0.15, -0.1) is 0 Å². The Kier molecular flexibility index (Phi) is 5.53. The minimum absolute atomic E-state index is 0.146. The number of ether oxygens (including phenoxy) is 1. The summed E-state index contributed by atoms with van der Waals surface area (Å²) in [6.07, 6.45) is 5.62. The first-order chi connectivity index (χ1) is 14.3. The number of anilines is 1. The van der Waals surface area contributed by atoms with Gasteiger partial charge in [0.1, 0.15) is 11.4 Å². The number of rotatable bonds is 3. The van der Waals surface area contributed by atoms with Crippen molar-refractivity contribution in [1.82, 2.24) is 10.3 Å². The van der Waals surface area contributed by atoms with Gasteiger partial charge in [-0.05, 0) is 80.2 Å². The molecule has 2 bridgehead atoms. The Morgan fingerprint density at radius 3 is 2.19 bits per heavy atom. The van der Waals surface area contributed by atoms with Crippen LogP contribution in [0.3, 0.4) is 0 Å². The lowest BCUT2D eigenvalue weighted by atomic mass is 9.80. The summed E-state index contributed by atoms with van der Waals surface area (Å²) in [5, 5.41) is 3.07. The van der Waals surface area contributed by atoms with Gasteiger partial charge in [0.05, 0.1) is 11.2 Å². The minimum Gasteiger partial charge on any atom is -0.444 e. The topological polar surface area (TPSA) is 72.9 Å². The van der Waals surface area contributed by atoms with E-state index in [4.69, 9.17) is 19.0 Å². The number of carbonyl (C=O) groups excluding carboxylic acids is 1. The number of hydrogen-bond acceptors (Lipinski definition) is 6. The smallest absolute Gasteiger partial charge is 0.444 e. The highest BCUT2D eigenvalue weighted by atomic mass is 16.7. The Hall–Kier alpha value is -1.80. The van der Waals surface area contributed by atoms with Crippen molar-refractivity contribution in [2.75, 3.05) is 4.90 Å². The van der Waals surface area contributed by atoms with Crippen LogP contribution in [-0.4, -0.2) is 53.1 Å². The van der Waals surface area contributed by atoms with Crippen molar-refractivity contribution in [2.45, 2.75) is 109 Å². The molecule has 1 aromatic rings. The van der Waals surface area contributed by atoms with Crippen LogP contribution in [0.1, 0.15) is 74.1 Å². The Labute approximate surface area is 186 Å². The lowest BCUT2D eigenvalue weighted by Gasteiger charge is -2.40. The summed E-state index contributed by atoms with van der Waals surface area (Å²) in [4.78, 5) is 19.4. The molecular formula is C23H36BN3O4. The third kappa shape index (κ3) is 4.56. The number of alkyl carbamates (subject to hydrolysis) is 1. The van der Waals surface area contributed by atoms with E-state index in [9.17, 15) is 4.79 Å². The van der Waals surface area contributed by atoms with Crippen LogP contribution in [0.25, 0.3) is 0 Å². The Bertz CT molecular complexity index is 791. The third-order valence-corrected chi connectivity index (χ3v) is 7.01. The molecule has 4 heterocycles. The van der Waals surface area contributed by atoms with E-state index in [0.29, 0.717) is 12.1 Å². The van der Waals surface area contributed by atoms with Crippen molar-refractivity contribution in [3.8, 4) is 0 Å². The zero-order valence-electron chi connectivity index (χ0n) is 19.9. The lowest BCUT2D eigenvalue weighted by molar-refractivity contribution is 0.00578. The molecule has 1 N–H and O–H groups in total. The summed E-state index contributed by atoms with van der Waals surface area (Å²) in [7, 11) is -0.396. The molecule has 3 atom stereocenters. The van der Waals surface area contributed by atoms with Crippen molar-refractivity contribution in [3.63, 3.8) is 0 Å². The number of pyridine rings is 1. The first-order valence-corrected chi connectivity index (χ1v) is 11.4. The summed E-state index contributed by atoms with van der Waals surface area (Å²) in [6, 6.07) is 5.05. The predicted molar refractivity (Wildman–Crippen MR) is 122 cm³/mol. The molecule has 170 valence electrons. The quantitative estimate of drug-likeness (QED) is 0.743. The van der Waals surface area contributed by atoms with Crippen LogP contribution in [0.5, 0.6) is 0 Å². The van der Waals surface area contributed by atoms with Crippen LogP contribution in [0, 0.1) is 0 Å². The van der Waals surface area contributed by atoms with E-state index >= 15 is 0 Å². The zero-order valence-corrected chi connectivity index (χ0v) is 19.9. The van der Waals surface area contributed by atoms with Crippen molar-refractivity contribution in [3.05, 3.63) is 18.3 Å². The standard InChI is InChI=1S/C23H36BN3O4/c1-21(2,3)29-20(28)26-16-12-17-9-10-18(13-16)27(17)19-11-8-15(14-25-19)24-30-22(4,5)23(6,7)31-24/h8,11,14,16-18H,9-10,12-13H2,1-7H3,(H,26,28)/t16-,17-,18?/m0/s1. The summed E-state index contributed by atoms with van der Waals surface area (Å²) in [5.41, 5.74) is -0.264. The number of amides is 1. The molecule has 3 fully saturated rings. The second-order valence-electron chi connectivity index (χ2n) is 11.1. The normalized spacial score (nSPS) is 29.2. The van der Waals surface area contributed by atoms with Crippen molar-refractivity contribution >= 4 is 24.5 Å². The molecule has 8 heteroatoms. The molecule has 1 aromatic heterocycles. The van der Waals surface area contributed by atoms with Crippen LogP contribution >= 0.6 is 0 Å². The maximum Gasteiger partial charge on any atom is 0.496 e. The fourth-order valence-electron chi connectivity index (χ4n) is 4.81. The molecule has 31 heavy (non-hydrogen) atoms. The monoisotopic (exact) mass is 429 g/mol. The fraction of sp³-hybridized carbons (Fsp3) is 0.739. The average molecular weight is 429 g/mol. The highest BCUT2D eigenvalue weighted by molar-refractivity contribution is 6.62. The predicted octanol–water partition coefficient (Wildman–Crippen LogP) is 3.41. The van der Waals surface area contributed by atoms with Gasteiger partial charge in [-0.1, -0.05) is 6.07 Å². The van der Waals surface area contributed by atoms with E-state index in [-0.39, 0.29) is 23.3 Å². The number of nitrogens with one attached hydrogen (secondary N) is 1. The van der Waals surface area contributed by atoms with Gasteiger partial charge >= 0.3 is 13.2 Å². The Morgan fingerprint density at radius 1 is 1.13 bits per heavy atom. The lowest BCUT2D eigenvalue weighted by Crippen LogP contribution is -2.51. The van der Waals surface area contributed by atoms with Crippen molar-refractivity contribution < 1.29 is 18.8 Å². The Morgan fingerprint density at radius 2 is 1.71 bits per heavy atom. The van der Waals surface area contributed by atoms with Gasteiger partial charge in [0.15, 0.2) is 0 Å². The van der Waals surface area contributed by atoms with E-state index in [2.05, 4.69) is 50.0 Å². The molecule has 0 spiro atoms. The maximum absolute atomic E-state index is 12.2. The molecule has 7 nitrogen and oxygen atoms in total. The van der Waals surface area contributed by atoms with Crippen LogP contribution in [0.15, 0.2) is 18.3 Å². The van der Waals surface area contributed by atoms with Gasteiger partial charge in [0, 0.05) is 29.8 Å². The first-order valence-electron chi connectivity index (χ1n) is 11.4. The second-order valence-corrected chi connectivity index (χ2v) is 11.1. The number of nitrogens with zero attached hydrogens (tertiary/aromatic N) is 2. The van der Waals surface area contributed by atoms with Crippen LogP contribution < -0.4 is 15.7 Å². The molecule has 3 aliphatic rings. The zero-order chi connectivity index (χ0) is 22.6. The maximum atomic E-state index is 12.2. The molecule has 1 amide bonds. The molecule has 0 radical (unpaired) electrons. The largest absolute Gasteiger partial charge is 0.496 e. The van der Waals surface area contributed by atoms with Crippen LogP contribution in [-0.2, 0) is 14.0 Å². The molecule has 3 aliphatic heterocycles. The van der Waals surface area contributed by atoms with Gasteiger partial charge in [-0.2, -0.15) is 0 Å². The summed E-state index contributed by atoms with van der Waals surface area (Å²) >= 11 is 0. The van der Waals surface area contributed by atoms with Gasteiger partial charge in [-0.3, -0.25) is 0 Å². The van der Waals surface area contributed by atoms with Crippen molar-refractivity contribution in [1.29, 1.82) is 0 Å². The Balaban J connectivity index is 1.40. The number of hydrogen-bond donors (Lipinski definition) is 1. The second kappa shape index (κ2) is 7.66. The highest BCUT2D eigenvalue weighted by Gasteiger charge is 2.52. The molecule has 4 rings (SSSR count). The molecule has 0 saturated carbocycles. The van der Waals surface area contributed by atoms with Crippen LogP contribution in [0.2, 0.25) is 0 Å². The minimum atomic E-state index is -0.480. The van der Waals surface area contributed by atoms with E-state index in [1.165, 1.54) is 0 Å². The van der Waals surface area contributed by atoms with Gasteiger partial charge in [-0.25, -0.2) is 9.78 Å². The highest BCUT2D eigenvalue weighted by Crippen LogP contribution is 2.39. The molecule has 1 unspecified atom stereocenters. The summed E-state index contributed by atoms with van der Waals surface area (Å²) in [6.45, 7) is 13.9. The first kappa shape index (κ1) is 22.4. The van der Waals surface area contributed by atoms with Gasteiger partial charge < -0.3 is 24.3 Å². The van der Waals surface area contributed by atoms with Gasteiger partial charge in [0.25, 0.3) is 0 Å². The average Bonchev–Trinajstić information content (AvgIpc) is 3.02. The van der Waals surface area contributed by atoms with E-state index in [1.807, 2.05) is 27.0 Å². The van der Waals surface area contributed by atoms with E-state index in [0.717, 1.165) is 37.0 Å². The van der Waals surface area contributed by atoms with E-state index < -0.39 is 12.7 Å². The summed E-state index contributed by atoms with van der Waals surface area (Å²) in [5.74, 6) is 0.989. The van der Waals surface area contributed by atoms with Crippen LogP contribution in [0.4, 0.5) is 10.6 Å². The number of aromatic nitrogens is 1. The number of piperidine rings is 1. The van der Waals surface area contributed by atoms with E-state index in [1.54, 1.807) is 0 Å². The van der Waals surface area contributed by atoms with Crippen molar-refractivity contribution in [2.24, 2.45) is 0 Å². The van der Waals surface area contributed by atoms with Gasteiger partial charge in [0.2, 0.25) is 0 Å². The third-order valence-electron chi connectivity index (χ3n) is 7.01. The molecule has 0 aliphatic carbocycles. The summed E-state index contributed by atoms with van der Waals surface area (Å²) < 4.78 is 17.7. The molecule has 0 aromatic carbocycles. The molecular weight excluding hydrogens is 393 g/mol. The fourth-order valence-corrected chi connectivity index (χ4v) is 4.81. The number of fused-ring (bicyclic) bond motifs is 2.